The SMILES string of the molecule is O=C(C[n+]1c(O)ccc2ccccc21)c1ccccc1. The molecule has 0 unspecified atom stereocenters. The normalized spacial score (nSPS) is 10.6. The van der Waals surface area contributed by atoms with Crippen molar-refractivity contribution in [1.82, 2.24) is 0 Å². The largest absolute Gasteiger partial charge is 0.460 e. The number of hydrogen-bond donors (Lipinski definition) is 1. The maximum absolute atomic E-state index is 12.3. The first-order valence-corrected chi connectivity index (χ1v) is 6.44. The summed E-state index contributed by atoms with van der Waals surface area (Å²) < 4.78 is 1.63. The maximum Gasteiger partial charge on any atom is 0.366 e. The van der Waals surface area contributed by atoms with Crippen molar-refractivity contribution in [3.63, 3.8) is 0 Å². The number of nitrogens with zero attached hydrogens (tertiary/aromatic N) is 1. The van der Waals surface area contributed by atoms with E-state index in [1.54, 1.807) is 22.8 Å². The van der Waals surface area contributed by atoms with Crippen molar-refractivity contribution in [2.24, 2.45) is 0 Å². The van der Waals surface area contributed by atoms with Crippen molar-refractivity contribution in [1.29, 1.82) is 0 Å². The third-order valence-corrected chi connectivity index (χ3v) is 3.31. The van der Waals surface area contributed by atoms with Gasteiger partial charge in [0.25, 0.3) is 0 Å². The molecule has 98 valence electrons. The smallest absolute Gasteiger partial charge is 0.366 e. The van der Waals surface area contributed by atoms with E-state index in [1.165, 1.54) is 0 Å². The van der Waals surface area contributed by atoms with Gasteiger partial charge in [-0.05, 0) is 12.1 Å². The van der Waals surface area contributed by atoms with Gasteiger partial charge in [0.15, 0.2) is 0 Å². The molecule has 0 aliphatic carbocycles. The van der Waals surface area contributed by atoms with Gasteiger partial charge in [-0.15, -0.1) is 0 Å². The van der Waals surface area contributed by atoms with Crippen molar-refractivity contribution in [3.8, 4) is 5.88 Å². The Morgan fingerprint density at radius 3 is 2.40 bits per heavy atom. The Bertz CT molecular complexity index is 766. The summed E-state index contributed by atoms with van der Waals surface area (Å²) in [5.41, 5.74) is 1.49. The minimum absolute atomic E-state index is 0.0257. The van der Waals surface area contributed by atoms with Gasteiger partial charge in [0.1, 0.15) is 0 Å². The van der Waals surface area contributed by atoms with Crippen LogP contribution < -0.4 is 4.57 Å². The fourth-order valence-corrected chi connectivity index (χ4v) is 2.28. The average molecular weight is 264 g/mol. The number of Topliss-reactive ketones (excluding diaryl/α,β-unsaturated/α-hetero) is 1. The summed E-state index contributed by atoms with van der Waals surface area (Å²) in [6.07, 6.45) is 0. The minimum atomic E-state index is -0.0257. The van der Waals surface area contributed by atoms with Gasteiger partial charge in [-0.3, -0.25) is 4.79 Å². The van der Waals surface area contributed by atoms with Crippen molar-refractivity contribution in [3.05, 3.63) is 72.3 Å². The number of hydrogen-bond acceptors (Lipinski definition) is 2. The summed E-state index contributed by atoms with van der Waals surface area (Å²) in [7, 11) is 0. The summed E-state index contributed by atoms with van der Waals surface area (Å²) in [6, 6.07) is 20.2. The molecule has 0 saturated heterocycles. The molecule has 0 amide bonds. The fourth-order valence-electron chi connectivity index (χ4n) is 2.28. The van der Waals surface area contributed by atoms with Crippen LogP contribution in [0.4, 0.5) is 0 Å². The van der Waals surface area contributed by atoms with Gasteiger partial charge < -0.3 is 5.11 Å². The van der Waals surface area contributed by atoms with E-state index in [9.17, 15) is 9.90 Å². The number of ketones is 1. The van der Waals surface area contributed by atoms with Crippen LogP contribution >= 0.6 is 0 Å². The molecular weight excluding hydrogens is 250 g/mol. The molecule has 3 nitrogen and oxygen atoms in total. The zero-order valence-electron chi connectivity index (χ0n) is 10.9. The molecule has 3 aromatic rings. The number of carbonyl (C=O) groups is 1. The maximum atomic E-state index is 12.3. The molecular formula is C17H14NO2+. The minimum Gasteiger partial charge on any atom is -0.460 e. The van der Waals surface area contributed by atoms with E-state index in [-0.39, 0.29) is 18.2 Å². The Hall–Kier alpha value is -2.68. The molecule has 3 rings (SSSR count). The van der Waals surface area contributed by atoms with E-state index >= 15 is 0 Å². The van der Waals surface area contributed by atoms with Crippen molar-refractivity contribution in [2.75, 3.05) is 0 Å². The zero-order chi connectivity index (χ0) is 13.9. The summed E-state index contributed by atoms with van der Waals surface area (Å²) in [4.78, 5) is 12.3. The van der Waals surface area contributed by atoms with Crippen LogP contribution in [-0.4, -0.2) is 10.9 Å². The van der Waals surface area contributed by atoms with E-state index in [0.29, 0.717) is 5.56 Å². The molecule has 0 saturated carbocycles. The van der Waals surface area contributed by atoms with Crippen LogP contribution in [0.2, 0.25) is 0 Å². The van der Waals surface area contributed by atoms with E-state index < -0.39 is 0 Å². The van der Waals surface area contributed by atoms with E-state index in [1.807, 2.05) is 48.5 Å². The van der Waals surface area contributed by atoms with Crippen LogP contribution in [-0.2, 0) is 6.54 Å². The standard InChI is InChI=1S/C17H13NO2/c19-16(14-7-2-1-3-8-14)12-18-15-9-5-4-6-13(15)10-11-17(18)20/h1-11H,12H2/p+1. The highest BCUT2D eigenvalue weighted by molar-refractivity contribution is 5.95. The van der Waals surface area contributed by atoms with E-state index in [2.05, 4.69) is 0 Å². The lowest BCUT2D eigenvalue weighted by Gasteiger charge is -2.03. The second-order valence-corrected chi connectivity index (χ2v) is 4.63. The molecule has 0 fully saturated rings. The lowest BCUT2D eigenvalue weighted by atomic mass is 10.1. The first-order valence-electron chi connectivity index (χ1n) is 6.44. The summed E-state index contributed by atoms with van der Waals surface area (Å²) in [5, 5.41) is 11.0. The van der Waals surface area contributed by atoms with Gasteiger partial charge in [0.05, 0.1) is 6.07 Å². The molecule has 0 bridgehead atoms. The van der Waals surface area contributed by atoms with Crippen LogP contribution in [0.3, 0.4) is 0 Å². The Kier molecular flexibility index (Phi) is 3.17. The number of aromatic nitrogens is 1. The zero-order valence-corrected chi connectivity index (χ0v) is 10.9. The van der Waals surface area contributed by atoms with Gasteiger partial charge >= 0.3 is 5.88 Å². The van der Waals surface area contributed by atoms with Gasteiger partial charge in [-0.25, -0.2) is 0 Å². The first-order chi connectivity index (χ1) is 9.75. The highest BCUT2D eigenvalue weighted by Gasteiger charge is 2.19. The van der Waals surface area contributed by atoms with E-state index in [4.69, 9.17) is 0 Å². The van der Waals surface area contributed by atoms with Gasteiger partial charge in [0.2, 0.25) is 17.8 Å². The highest BCUT2D eigenvalue weighted by Crippen LogP contribution is 2.14. The van der Waals surface area contributed by atoms with Crippen LogP contribution in [0.25, 0.3) is 10.9 Å². The third-order valence-electron chi connectivity index (χ3n) is 3.31. The second-order valence-electron chi connectivity index (χ2n) is 4.63. The molecule has 20 heavy (non-hydrogen) atoms. The van der Waals surface area contributed by atoms with Crippen molar-refractivity contribution < 1.29 is 14.5 Å². The van der Waals surface area contributed by atoms with Gasteiger partial charge in [-0.1, -0.05) is 42.5 Å². The second kappa shape index (κ2) is 5.13. The molecule has 1 aromatic heterocycles. The number of benzene rings is 2. The Morgan fingerprint density at radius 1 is 0.900 bits per heavy atom. The Morgan fingerprint density at radius 2 is 1.60 bits per heavy atom. The fraction of sp³-hybridized carbons (Fsp3) is 0.0588. The molecule has 1 heterocycles. The van der Waals surface area contributed by atoms with Crippen LogP contribution in [0.1, 0.15) is 10.4 Å². The third kappa shape index (κ3) is 2.26. The quantitative estimate of drug-likeness (QED) is 0.583. The molecule has 0 aliphatic rings. The number of para-hydroxylation sites is 1. The number of pyridine rings is 1. The predicted octanol–water partition coefficient (Wildman–Crippen LogP) is 2.72. The number of aromatic hydroxyl groups is 1. The van der Waals surface area contributed by atoms with Gasteiger partial charge in [-0.2, -0.15) is 4.57 Å². The predicted molar refractivity (Wildman–Crippen MR) is 76.6 cm³/mol. The monoisotopic (exact) mass is 264 g/mol. The van der Waals surface area contributed by atoms with Crippen LogP contribution in [0, 0.1) is 0 Å². The molecule has 3 heteroatoms. The molecule has 0 spiro atoms. The van der Waals surface area contributed by atoms with Crippen LogP contribution in [0.5, 0.6) is 5.88 Å². The molecule has 0 aliphatic heterocycles. The van der Waals surface area contributed by atoms with Crippen molar-refractivity contribution in [2.45, 2.75) is 6.54 Å². The molecule has 2 aromatic carbocycles. The average Bonchev–Trinajstić information content (AvgIpc) is 2.51. The topological polar surface area (TPSA) is 41.2 Å². The first kappa shape index (κ1) is 12.4. The summed E-state index contributed by atoms with van der Waals surface area (Å²) >= 11 is 0. The number of carbonyl (C=O) groups excluding carboxylic acids is 1. The molecule has 0 atom stereocenters. The Balaban J connectivity index is 2.03. The lowest BCUT2D eigenvalue weighted by molar-refractivity contribution is -0.663. The highest BCUT2D eigenvalue weighted by atomic mass is 16.3. The number of rotatable bonds is 3. The molecule has 0 radical (unpaired) electrons. The van der Waals surface area contributed by atoms with Crippen LogP contribution in [0.15, 0.2) is 66.7 Å². The number of fused-ring (bicyclic) bond motifs is 1. The van der Waals surface area contributed by atoms with E-state index in [0.717, 1.165) is 10.9 Å². The summed E-state index contributed by atoms with van der Waals surface area (Å²) in [5.74, 6) is 0.0650. The lowest BCUT2D eigenvalue weighted by Crippen LogP contribution is -2.38. The van der Waals surface area contributed by atoms with Gasteiger partial charge in [0, 0.05) is 17.0 Å². The Labute approximate surface area is 116 Å². The van der Waals surface area contributed by atoms with Crippen molar-refractivity contribution >= 4 is 16.7 Å². The summed E-state index contributed by atoms with van der Waals surface area (Å²) in [6.45, 7) is 0.122. The molecule has 1 N–H and O–H groups in total.